The zero-order valence-corrected chi connectivity index (χ0v) is 11.2. The Labute approximate surface area is 113 Å². The first-order chi connectivity index (χ1) is 9.28. The Morgan fingerprint density at radius 3 is 2.63 bits per heavy atom. The van der Waals surface area contributed by atoms with E-state index in [1.807, 2.05) is 12.1 Å². The van der Waals surface area contributed by atoms with E-state index in [9.17, 15) is 0 Å². The second kappa shape index (κ2) is 5.27. The SMILES string of the molecule is CN(c1ccc2c(c1)OCO2)C1CCC(ON)CC1. The molecule has 0 unspecified atom stereocenters. The van der Waals surface area contributed by atoms with Crippen LogP contribution in [0.2, 0.25) is 0 Å². The van der Waals surface area contributed by atoms with E-state index >= 15 is 0 Å². The van der Waals surface area contributed by atoms with Crippen LogP contribution in [-0.4, -0.2) is 26.0 Å². The van der Waals surface area contributed by atoms with E-state index in [1.54, 1.807) is 0 Å². The van der Waals surface area contributed by atoms with E-state index in [2.05, 4.69) is 18.0 Å². The highest BCUT2D eigenvalue weighted by Crippen LogP contribution is 2.36. The van der Waals surface area contributed by atoms with Gasteiger partial charge in [0.1, 0.15) is 0 Å². The molecule has 0 aromatic heterocycles. The second-order valence-corrected chi connectivity index (χ2v) is 5.22. The summed E-state index contributed by atoms with van der Waals surface area (Å²) in [6, 6.07) is 6.64. The van der Waals surface area contributed by atoms with Gasteiger partial charge in [0.2, 0.25) is 6.79 Å². The first-order valence-corrected chi connectivity index (χ1v) is 6.76. The monoisotopic (exact) mass is 264 g/mol. The summed E-state index contributed by atoms with van der Waals surface area (Å²) in [6.45, 7) is 0.321. The third kappa shape index (κ3) is 2.48. The maximum atomic E-state index is 5.43. The Bertz CT molecular complexity index is 444. The van der Waals surface area contributed by atoms with Crippen LogP contribution >= 0.6 is 0 Å². The van der Waals surface area contributed by atoms with Crippen molar-refractivity contribution >= 4 is 5.69 Å². The summed E-state index contributed by atoms with van der Waals surface area (Å²) in [4.78, 5) is 7.24. The Hall–Kier alpha value is -1.46. The number of fused-ring (bicyclic) bond motifs is 1. The lowest BCUT2D eigenvalue weighted by Gasteiger charge is -2.35. The molecule has 104 valence electrons. The van der Waals surface area contributed by atoms with Crippen molar-refractivity contribution in [1.29, 1.82) is 0 Å². The van der Waals surface area contributed by atoms with Gasteiger partial charge in [0, 0.05) is 24.8 Å². The number of ether oxygens (including phenoxy) is 2. The molecule has 0 saturated heterocycles. The number of benzene rings is 1. The van der Waals surface area contributed by atoms with Gasteiger partial charge in [-0.1, -0.05) is 0 Å². The molecule has 1 aromatic rings. The molecule has 1 aliphatic heterocycles. The average molecular weight is 264 g/mol. The number of nitrogens with zero attached hydrogens (tertiary/aromatic N) is 1. The molecule has 3 rings (SSSR count). The number of hydrogen-bond acceptors (Lipinski definition) is 5. The fourth-order valence-corrected chi connectivity index (χ4v) is 2.88. The van der Waals surface area contributed by atoms with Gasteiger partial charge >= 0.3 is 0 Å². The minimum Gasteiger partial charge on any atom is -0.454 e. The molecular formula is C14H20N2O3. The van der Waals surface area contributed by atoms with Crippen LogP contribution < -0.4 is 20.3 Å². The van der Waals surface area contributed by atoms with Crippen LogP contribution in [-0.2, 0) is 4.84 Å². The maximum absolute atomic E-state index is 5.43. The third-order valence-corrected chi connectivity index (χ3v) is 4.15. The van der Waals surface area contributed by atoms with Crippen LogP contribution in [0.4, 0.5) is 5.69 Å². The van der Waals surface area contributed by atoms with Crippen LogP contribution in [0.15, 0.2) is 18.2 Å². The van der Waals surface area contributed by atoms with E-state index < -0.39 is 0 Å². The van der Waals surface area contributed by atoms with Crippen molar-refractivity contribution < 1.29 is 14.3 Å². The number of anilines is 1. The predicted octanol–water partition coefficient (Wildman–Crippen LogP) is 2.05. The minimum absolute atomic E-state index is 0.224. The molecule has 1 heterocycles. The molecular weight excluding hydrogens is 244 g/mol. The molecule has 0 spiro atoms. The maximum Gasteiger partial charge on any atom is 0.231 e. The number of nitrogens with two attached hydrogens (primary N) is 1. The Kier molecular flexibility index (Phi) is 3.48. The first-order valence-electron chi connectivity index (χ1n) is 6.76. The number of hydrogen-bond donors (Lipinski definition) is 1. The van der Waals surface area contributed by atoms with Gasteiger partial charge in [-0.15, -0.1) is 0 Å². The largest absolute Gasteiger partial charge is 0.454 e. The highest BCUT2D eigenvalue weighted by Gasteiger charge is 2.25. The summed E-state index contributed by atoms with van der Waals surface area (Å²) in [5, 5.41) is 0. The van der Waals surface area contributed by atoms with Gasteiger partial charge in [-0.05, 0) is 37.8 Å². The van der Waals surface area contributed by atoms with Gasteiger partial charge < -0.3 is 19.2 Å². The van der Waals surface area contributed by atoms with Gasteiger partial charge in [-0.3, -0.25) is 0 Å². The molecule has 1 aromatic carbocycles. The predicted molar refractivity (Wildman–Crippen MR) is 72.3 cm³/mol. The molecule has 0 radical (unpaired) electrons. The molecule has 0 bridgehead atoms. The van der Waals surface area contributed by atoms with Crippen LogP contribution in [0, 0.1) is 0 Å². The Morgan fingerprint density at radius 1 is 1.16 bits per heavy atom. The summed E-state index contributed by atoms with van der Waals surface area (Å²) < 4.78 is 10.8. The van der Waals surface area contributed by atoms with Crippen molar-refractivity contribution in [2.24, 2.45) is 5.90 Å². The smallest absolute Gasteiger partial charge is 0.231 e. The molecule has 2 N–H and O–H groups in total. The van der Waals surface area contributed by atoms with E-state index in [0.29, 0.717) is 12.8 Å². The van der Waals surface area contributed by atoms with Crippen molar-refractivity contribution in [3.05, 3.63) is 18.2 Å². The third-order valence-electron chi connectivity index (χ3n) is 4.15. The molecule has 0 amide bonds. The van der Waals surface area contributed by atoms with E-state index in [4.69, 9.17) is 20.2 Å². The van der Waals surface area contributed by atoms with Crippen LogP contribution in [0.5, 0.6) is 11.5 Å². The zero-order valence-electron chi connectivity index (χ0n) is 11.2. The number of rotatable bonds is 3. The first kappa shape index (κ1) is 12.6. The molecule has 5 nitrogen and oxygen atoms in total. The van der Waals surface area contributed by atoms with Crippen molar-refractivity contribution in [2.45, 2.75) is 37.8 Å². The van der Waals surface area contributed by atoms with Gasteiger partial charge in [0.05, 0.1) is 6.10 Å². The zero-order chi connectivity index (χ0) is 13.2. The standard InChI is InChI=1S/C14H20N2O3/c1-16(10-2-5-12(19-15)6-3-10)11-4-7-13-14(8-11)18-9-17-13/h4,7-8,10,12H,2-3,5-6,9,15H2,1H3. The van der Waals surface area contributed by atoms with Crippen molar-refractivity contribution in [3.8, 4) is 11.5 Å². The molecule has 1 fully saturated rings. The average Bonchev–Trinajstić information content (AvgIpc) is 2.94. The fourth-order valence-electron chi connectivity index (χ4n) is 2.88. The topological polar surface area (TPSA) is 57.0 Å². The molecule has 2 aliphatic rings. The summed E-state index contributed by atoms with van der Waals surface area (Å²) in [5.41, 5.74) is 1.17. The quantitative estimate of drug-likeness (QED) is 0.847. The molecule has 1 saturated carbocycles. The summed E-state index contributed by atoms with van der Waals surface area (Å²) in [5.74, 6) is 6.92. The lowest BCUT2D eigenvalue weighted by Crippen LogP contribution is -2.37. The van der Waals surface area contributed by atoms with Crippen molar-refractivity contribution in [2.75, 3.05) is 18.7 Å². The van der Waals surface area contributed by atoms with Gasteiger partial charge in [0.15, 0.2) is 11.5 Å². The van der Waals surface area contributed by atoms with E-state index in [-0.39, 0.29) is 6.10 Å². The molecule has 19 heavy (non-hydrogen) atoms. The second-order valence-electron chi connectivity index (χ2n) is 5.22. The van der Waals surface area contributed by atoms with Gasteiger partial charge in [-0.2, -0.15) is 0 Å². The molecule has 1 aliphatic carbocycles. The molecule has 5 heteroatoms. The van der Waals surface area contributed by atoms with Crippen LogP contribution in [0.3, 0.4) is 0 Å². The van der Waals surface area contributed by atoms with Crippen LogP contribution in [0.1, 0.15) is 25.7 Å². The van der Waals surface area contributed by atoms with E-state index in [1.165, 1.54) is 5.69 Å². The van der Waals surface area contributed by atoms with Crippen molar-refractivity contribution in [1.82, 2.24) is 0 Å². The van der Waals surface area contributed by atoms with Gasteiger partial charge in [0.25, 0.3) is 0 Å². The Balaban J connectivity index is 1.68. The highest BCUT2D eigenvalue weighted by atomic mass is 16.7. The van der Waals surface area contributed by atoms with E-state index in [0.717, 1.165) is 37.2 Å². The summed E-state index contributed by atoms with van der Waals surface area (Å²) in [6.07, 6.45) is 4.48. The fraction of sp³-hybridized carbons (Fsp3) is 0.571. The lowest BCUT2D eigenvalue weighted by molar-refractivity contribution is 0.0243. The normalized spacial score (nSPS) is 25.4. The van der Waals surface area contributed by atoms with Gasteiger partial charge in [-0.25, -0.2) is 5.90 Å². The highest BCUT2D eigenvalue weighted by molar-refractivity contribution is 5.57. The summed E-state index contributed by atoms with van der Waals surface area (Å²) in [7, 11) is 2.13. The Morgan fingerprint density at radius 2 is 1.89 bits per heavy atom. The molecule has 0 atom stereocenters. The minimum atomic E-state index is 0.224. The van der Waals surface area contributed by atoms with Crippen molar-refractivity contribution in [3.63, 3.8) is 0 Å². The lowest BCUT2D eigenvalue weighted by atomic mass is 9.92. The summed E-state index contributed by atoms with van der Waals surface area (Å²) >= 11 is 0. The van der Waals surface area contributed by atoms with Crippen LogP contribution in [0.25, 0.3) is 0 Å².